The van der Waals surface area contributed by atoms with Crippen molar-refractivity contribution in [3.05, 3.63) is 42.4 Å². The van der Waals surface area contributed by atoms with E-state index in [-0.39, 0.29) is 11.9 Å². The highest BCUT2D eigenvalue weighted by atomic mass is 16.2. The van der Waals surface area contributed by atoms with Crippen LogP contribution in [0, 0.1) is 0 Å². The molecule has 4 heterocycles. The molecule has 0 spiro atoms. The van der Waals surface area contributed by atoms with Gasteiger partial charge in [0.15, 0.2) is 0 Å². The number of aryl methyl sites for hydroxylation is 1. The van der Waals surface area contributed by atoms with Gasteiger partial charge in [-0.1, -0.05) is 6.07 Å². The number of aromatic nitrogens is 3. The average Bonchev–Trinajstić information content (AvgIpc) is 3.23. The molecule has 2 aliphatic heterocycles. The van der Waals surface area contributed by atoms with Gasteiger partial charge >= 0.3 is 0 Å². The first-order valence-electron chi connectivity index (χ1n) is 7.71. The van der Waals surface area contributed by atoms with Gasteiger partial charge in [0.05, 0.1) is 23.8 Å². The molecule has 114 valence electrons. The first-order valence-corrected chi connectivity index (χ1v) is 7.71. The van der Waals surface area contributed by atoms with Gasteiger partial charge in [0.1, 0.15) is 5.82 Å². The number of carbonyl (C=O) groups is 1. The molecular weight excluding hydrogens is 278 g/mol. The van der Waals surface area contributed by atoms with Gasteiger partial charge < -0.3 is 9.80 Å². The lowest BCUT2D eigenvalue weighted by molar-refractivity contribution is 0.0737. The normalized spacial score (nSPS) is 23.9. The van der Waals surface area contributed by atoms with Crippen molar-refractivity contribution in [1.82, 2.24) is 19.7 Å². The molecule has 0 radical (unpaired) electrons. The molecule has 2 aromatic heterocycles. The van der Waals surface area contributed by atoms with E-state index >= 15 is 0 Å². The quantitative estimate of drug-likeness (QED) is 0.838. The zero-order valence-corrected chi connectivity index (χ0v) is 12.6. The van der Waals surface area contributed by atoms with Crippen molar-refractivity contribution in [3.8, 4) is 0 Å². The molecule has 4 rings (SSSR count). The molecule has 0 N–H and O–H groups in total. The smallest absolute Gasteiger partial charge is 0.257 e. The largest absolute Gasteiger partial charge is 0.351 e. The minimum absolute atomic E-state index is 0.100. The lowest BCUT2D eigenvalue weighted by Gasteiger charge is -2.26. The second-order valence-electron chi connectivity index (χ2n) is 5.99. The lowest BCUT2D eigenvalue weighted by atomic mass is 10.1. The average molecular weight is 297 g/mol. The molecule has 1 amide bonds. The van der Waals surface area contributed by atoms with E-state index in [0.717, 1.165) is 31.7 Å². The highest BCUT2D eigenvalue weighted by Gasteiger charge is 2.45. The van der Waals surface area contributed by atoms with Crippen LogP contribution in [0.3, 0.4) is 0 Å². The molecule has 2 atom stereocenters. The maximum Gasteiger partial charge on any atom is 0.257 e. The number of nitrogens with zero attached hydrogens (tertiary/aromatic N) is 5. The molecular formula is C16H19N5O. The fourth-order valence-corrected chi connectivity index (χ4v) is 3.74. The number of rotatable bonds is 2. The van der Waals surface area contributed by atoms with E-state index in [4.69, 9.17) is 0 Å². The van der Waals surface area contributed by atoms with Crippen LogP contribution in [-0.2, 0) is 7.05 Å². The number of hydrogen-bond acceptors (Lipinski definition) is 4. The number of fused-ring (bicyclic) bond motifs is 1. The van der Waals surface area contributed by atoms with Crippen molar-refractivity contribution >= 4 is 11.7 Å². The number of anilines is 1. The predicted molar refractivity (Wildman–Crippen MR) is 82.6 cm³/mol. The van der Waals surface area contributed by atoms with Gasteiger partial charge in [0, 0.05) is 32.5 Å². The lowest BCUT2D eigenvalue weighted by Crippen LogP contribution is -2.39. The fourth-order valence-electron chi connectivity index (χ4n) is 3.74. The number of hydrogen-bond donors (Lipinski definition) is 0. The Kier molecular flexibility index (Phi) is 3.10. The zero-order valence-electron chi connectivity index (χ0n) is 12.6. The summed E-state index contributed by atoms with van der Waals surface area (Å²) in [5.41, 5.74) is 0.680. The molecule has 0 saturated carbocycles. The van der Waals surface area contributed by atoms with Crippen LogP contribution in [-0.4, -0.2) is 50.7 Å². The number of amides is 1. The van der Waals surface area contributed by atoms with Gasteiger partial charge in [0.25, 0.3) is 5.91 Å². The minimum atomic E-state index is 0.100. The Balaban J connectivity index is 1.54. The Morgan fingerprint density at radius 1 is 1.23 bits per heavy atom. The van der Waals surface area contributed by atoms with E-state index in [1.54, 1.807) is 17.1 Å². The van der Waals surface area contributed by atoms with Gasteiger partial charge in [-0.2, -0.15) is 5.10 Å². The first kappa shape index (κ1) is 13.3. The second-order valence-corrected chi connectivity index (χ2v) is 5.99. The Labute approximate surface area is 129 Å². The van der Waals surface area contributed by atoms with Gasteiger partial charge in [-0.05, 0) is 25.0 Å². The maximum atomic E-state index is 12.7. The van der Waals surface area contributed by atoms with E-state index in [1.165, 1.54) is 0 Å². The van der Waals surface area contributed by atoms with E-state index in [9.17, 15) is 4.79 Å². The summed E-state index contributed by atoms with van der Waals surface area (Å²) in [7, 11) is 1.84. The van der Waals surface area contributed by atoms with Crippen LogP contribution >= 0.6 is 0 Å². The van der Waals surface area contributed by atoms with Crippen LogP contribution in [0.2, 0.25) is 0 Å². The first-order chi connectivity index (χ1) is 10.7. The van der Waals surface area contributed by atoms with Gasteiger partial charge in [-0.15, -0.1) is 0 Å². The van der Waals surface area contributed by atoms with Crippen LogP contribution in [0.4, 0.5) is 5.82 Å². The highest BCUT2D eigenvalue weighted by Crippen LogP contribution is 2.34. The SMILES string of the molecule is Cn1cc(C(=O)N2CC[C@H]3[C@H]2CCN3c2ccccn2)cn1. The molecule has 2 aliphatic rings. The highest BCUT2D eigenvalue weighted by molar-refractivity contribution is 5.94. The van der Waals surface area contributed by atoms with Crippen LogP contribution in [0.15, 0.2) is 36.8 Å². The van der Waals surface area contributed by atoms with E-state index in [2.05, 4.69) is 15.0 Å². The molecule has 2 saturated heterocycles. The molecule has 0 unspecified atom stereocenters. The molecule has 0 aromatic carbocycles. The number of pyridine rings is 1. The summed E-state index contributed by atoms with van der Waals surface area (Å²) in [5, 5.41) is 4.11. The van der Waals surface area contributed by atoms with E-state index in [0.29, 0.717) is 11.6 Å². The van der Waals surface area contributed by atoms with E-state index in [1.807, 2.05) is 36.3 Å². The van der Waals surface area contributed by atoms with Gasteiger partial charge in [-0.25, -0.2) is 4.98 Å². The van der Waals surface area contributed by atoms with Crippen LogP contribution in [0.5, 0.6) is 0 Å². The summed E-state index contributed by atoms with van der Waals surface area (Å²) >= 11 is 0. The topological polar surface area (TPSA) is 54.3 Å². The summed E-state index contributed by atoms with van der Waals surface area (Å²) in [6, 6.07) is 6.67. The maximum absolute atomic E-state index is 12.7. The van der Waals surface area contributed by atoms with Crippen LogP contribution in [0.1, 0.15) is 23.2 Å². The molecule has 2 fully saturated rings. The van der Waals surface area contributed by atoms with Crippen molar-refractivity contribution in [2.24, 2.45) is 7.05 Å². The van der Waals surface area contributed by atoms with Crippen molar-refractivity contribution in [1.29, 1.82) is 0 Å². The van der Waals surface area contributed by atoms with Gasteiger partial charge in [0.2, 0.25) is 0 Å². The molecule has 6 heteroatoms. The number of likely N-dealkylation sites (tertiary alicyclic amines) is 1. The van der Waals surface area contributed by atoms with Crippen molar-refractivity contribution < 1.29 is 4.79 Å². The monoisotopic (exact) mass is 297 g/mol. The zero-order chi connectivity index (χ0) is 15.1. The Morgan fingerprint density at radius 3 is 2.82 bits per heavy atom. The third kappa shape index (κ3) is 2.06. The summed E-state index contributed by atoms with van der Waals surface area (Å²) in [6.07, 6.45) is 7.29. The molecule has 0 bridgehead atoms. The van der Waals surface area contributed by atoms with Crippen molar-refractivity contribution in [2.45, 2.75) is 24.9 Å². The summed E-state index contributed by atoms with van der Waals surface area (Å²) in [6.45, 7) is 1.77. The van der Waals surface area contributed by atoms with Crippen molar-refractivity contribution in [3.63, 3.8) is 0 Å². The summed E-state index contributed by atoms with van der Waals surface area (Å²) < 4.78 is 1.68. The number of carbonyl (C=O) groups excluding carboxylic acids is 1. The summed E-state index contributed by atoms with van der Waals surface area (Å²) in [5.74, 6) is 1.12. The molecule has 6 nitrogen and oxygen atoms in total. The van der Waals surface area contributed by atoms with Gasteiger partial charge in [-0.3, -0.25) is 9.48 Å². The fraction of sp³-hybridized carbons (Fsp3) is 0.438. The van der Waals surface area contributed by atoms with Crippen molar-refractivity contribution in [2.75, 3.05) is 18.0 Å². The van der Waals surface area contributed by atoms with Crippen LogP contribution < -0.4 is 4.90 Å². The summed E-state index contributed by atoms with van der Waals surface area (Å²) in [4.78, 5) is 21.5. The Morgan fingerprint density at radius 2 is 2.09 bits per heavy atom. The third-order valence-corrected chi connectivity index (χ3v) is 4.73. The Hall–Kier alpha value is -2.37. The second kappa shape index (κ2) is 5.12. The molecule has 0 aliphatic carbocycles. The molecule has 22 heavy (non-hydrogen) atoms. The Bertz CT molecular complexity index is 683. The third-order valence-electron chi connectivity index (χ3n) is 4.73. The predicted octanol–water partition coefficient (Wildman–Crippen LogP) is 1.31. The standard InChI is InChI=1S/C16H19N5O/c1-19-11-12(10-18-19)16(22)21-9-6-13-14(21)5-8-20(13)15-4-2-3-7-17-15/h2-4,7,10-11,13-14H,5-6,8-9H2,1H3/t13-,14+/m0/s1. The minimum Gasteiger partial charge on any atom is -0.351 e. The molecule has 2 aromatic rings. The van der Waals surface area contributed by atoms with Crippen LogP contribution in [0.25, 0.3) is 0 Å². The van der Waals surface area contributed by atoms with E-state index < -0.39 is 0 Å².